The fourth-order valence-electron chi connectivity index (χ4n) is 2.61. The predicted molar refractivity (Wildman–Crippen MR) is 88.9 cm³/mol. The van der Waals surface area contributed by atoms with Gasteiger partial charge in [-0.2, -0.15) is 0 Å². The van der Waals surface area contributed by atoms with E-state index in [0.29, 0.717) is 12.3 Å². The van der Waals surface area contributed by atoms with E-state index in [1.807, 2.05) is 0 Å². The van der Waals surface area contributed by atoms with Gasteiger partial charge in [-0.3, -0.25) is 4.79 Å². The number of carbonyl (C=O) groups is 1. The largest absolute Gasteiger partial charge is 0.322 e. The molecule has 0 rings (SSSR count). The highest BCUT2D eigenvalue weighted by molar-refractivity contribution is 5.83. The molecule has 0 aliphatic rings. The zero-order valence-electron chi connectivity index (χ0n) is 14.1. The lowest BCUT2D eigenvalue weighted by Gasteiger charge is -2.12. The summed E-state index contributed by atoms with van der Waals surface area (Å²) in [5.74, 6) is 0.778. The number of hydrogen-bond donors (Lipinski definition) is 1. The van der Waals surface area contributed by atoms with Crippen molar-refractivity contribution in [3.63, 3.8) is 0 Å². The Balaban J connectivity index is 3.29. The number of rotatable bonds is 14. The molecule has 20 heavy (non-hydrogen) atoms. The van der Waals surface area contributed by atoms with Gasteiger partial charge in [0.1, 0.15) is 5.78 Å². The molecule has 0 aliphatic carbocycles. The summed E-state index contributed by atoms with van der Waals surface area (Å²) < 4.78 is 0. The summed E-state index contributed by atoms with van der Waals surface area (Å²) in [5, 5.41) is 0. The van der Waals surface area contributed by atoms with Crippen LogP contribution in [0.2, 0.25) is 0 Å². The van der Waals surface area contributed by atoms with E-state index in [1.54, 1.807) is 0 Å². The maximum atomic E-state index is 11.8. The van der Waals surface area contributed by atoms with E-state index in [4.69, 9.17) is 5.73 Å². The predicted octanol–water partition coefficient (Wildman–Crippen LogP) is 5.24. The quantitative estimate of drug-likeness (QED) is 0.443. The lowest BCUT2D eigenvalue weighted by Crippen LogP contribution is -2.31. The summed E-state index contributed by atoms with van der Waals surface area (Å²) in [6.45, 7) is 6.50. The molecule has 0 heterocycles. The number of unbranched alkanes of at least 4 members (excludes halogenated alkanes) is 9. The van der Waals surface area contributed by atoms with Gasteiger partial charge in [-0.1, -0.05) is 78.6 Å². The minimum Gasteiger partial charge on any atom is -0.322 e. The van der Waals surface area contributed by atoms with Gasteiger partial charge in [0.15, 0.2) is 0 Å². The molecule has 0 aromatic carbocycles. The highest BCUT2D eigenvalue weighted by Gasteiger charge is 2.13. The van der Waals surface area contributed by atoms with Gasteiger partial charge in [0.05, 0.1) is 6.04 Å². The molecule has 120 valence electrons. The van der Waals surface area contributed by atoms with E-state index in [-0.39, 0.29) is 11.8 Å². The van der Waals surface area contributed by atoms with Crippen LogP contribution in [0.3, 0.4) is 0 Å². The maximum Gasteiger partial charge on any atom is 0.149 e. The summed E-state index contributed by atoms with van der Waals surface area (Å²) in [4.78, 5) is 11.8. The van der Waals surface area contributed by atoms with Gasteiger partial charge in [-0.15, -0.1) is 0 Å². The normalized spacial score (nSPS) is 12.8. The van der Waals surface area contributed by atoms with Crippen molar-refractivity contribution in [3.05, 3.63) is 0 Å². The number of carbonyl (C=O) groups excluding carboxylic acids is 1. The molecule has 0 fully saturated rings. The third kappa shape index (κ3) is 12.7. The molecule has 0 spiro atoms. The lowest BCUT2D eigenvalue weighted by molar-refractivity contribution is -0.120. The van der Waals surface area contributed by atoms with Crippen molar-refractivity contribution in [3.8, 4) is 0 Å². The fourth-order valence-corrected chi connectivity index (χ4v) is 2.61. The smallest absolute Gasteiger partial charge is 0.149 e. The highest BCUT2D eigenvalue weighted by Crippen LogP contribution is 2.12. The Hall–Kier alpha value is -0.370. The molecule has 0 saturated carbocycles. The van der Waals surface area contributed by atoms with Gasteiger partial charge in [0.25, 0.3) is 0 Å². The summed E-state index contributed by atoms with van der Waals surface area (Å²) in [6, 6.07) is -0.228. The Bertz CT molecular complexity index is 225. The van der Waals surface area contributed by atoms with E-state index in [9.17, 15) is 4.79 Å². The van der Waals surface area contributed by atoms with Gasteiger partial charge in [0, 0.05) is 6.42 Å². The molecular weight excluding hydrogens is 246 g/mol. The Kier molecular flexibility index (Phi) is 13.4. The van der Waals surface area contributed by atoms with Gasteiger partial charge < -0.3 is 5.73 Å². The number of ketones is 1. The first-order valence-corrected chi connectivity index (χ1v) is 8.86. The van der Waals surface area contributed by atoms with Crippen LogP contribution in [-0.4, -0.2) is 11.8 Å². The van der Waals surface area contributed by atoms with Gasteiger partial charge in [-0.25, -0.2) is 0 Å². The average Bonchev–Trinajstić information content (AvgIpc) is 2.39. The maximum absolute atomic E-state index is 11.8. The average molecular weight is 284 g/mol. The second-order valence-electron chi connectivity index (χ2n) is 6.63. The van der Waals surface area contributed by atoms with Crippen molar-refractivity contribution in [2.24, 2.45) is 11.7 Å². The van der Waals surface area contributed by atoms with Crippen molar-refractivity contribution in [1.82, 2.24) is 0 Å². The Morgan fingerprint density at radius 1 is 0.850 bits per heavy atom. The Morgan fingerprint density at radius 2 is 1.30 bits per heavy atom. The molecule has 0 bridgehead atoms. The van der Waals surface area contributed by atoms with Crippen molar-refractivity contribution in [2.75, 3.05) is 0 Å². The molecule has 1 unspecified atom stereocenters. The van der Waals surface area contributed by atoms with E-state index >= 15 is 0 Å². The Labute approximate surface area is 126 Å². The van der Waals surface area contributed by atoms with E-state index in [1.165, 1.54) is 57.8 Å². The first kappa shape index (κ1) is 19.6. The molecule has 0 radical (unpaired) electrons. The van der Waals surface area contributed by atoms with Gasteiger partial charge >= 0.3 is 0 Å². The molecule has 1 atom stereocenters. The van der Waals surface area contributed by atoms with Crippen LogP contribution in [0.1, 0.15) is 97.8 Å². The Morgan fingerprint density at radius 3 is 1.75 bits per heavy atom. The third-order valence-corrected chi connectivity index (χ3v) is 3.92. The lowest BCUT2D eigenvalue weighted by atomic mass is 9.97. The monoisotopic (exact) mass is 283 g/mol. The van der Waals surface area contributed by atoms with Gasteiger partial charge in [-0.05, 0) is 18.8 Å². The molecule has 0 saturated heterocycles. The van der Waals surface area contributed by atoms with Crippen molar-refractivity contribution >= 4 is 5.78 Å². The highest BCUT2D eigenvalue weighted by atomic mass is 16.1. The molecule has 0 aromatic rings. The summed E-state index contributed by atoms with van der Waals surface area (Å²) in [7, 11) is 0. The van der Waals surface area contributed by atoms with E-state index < -0.39 is 0 Å². The molecule has 2 N–H and O–H groups in total. The molecular formula is C18H37NO. The van der Waals surface area contributed by atoms with Crippen LogP contribution in [0.4, 0.5) is 0 Å². The number of hydrogen-bond acceptors (Lipinski definition) is 2. The molecule has 2 heteroatoms. The van der Waals surface area contributed by atoms with Crippen LogP contribution in [-0.2, 0) is 4.79 Å². The van der Waals surface area contributed by atoms with Crippen LogP contribution in [0.5, 0.6) is 0 Å². The zero-order valence-corrected chi connectivity index (χ0v) is 14.1. The summed E-state index contributed by atoms with van der Waals surface area (Å²) in [6.07, 6.45) is 14.6. The van der Waals surface area contributed by atoms with Crippen LogP contribution in [0, 0.1) is 5.92 Å². The fraction of sp³-hybridized carbons (Fsp3) is 0.944. The van der Waals surface area contributed by atoms with E-state index in [0.717, 1.165) is 12.8 Å². The second-order valence-corrected chi connectivity index (χ2v) is 6.63. The van der Waals surface area contributed by atoms with Crippen molar-refractivity contribution in [1.29, 1.82) is 0 Å². The van der Waals surface area contributed by atoms with Crippen LogP contribution in [0.15, 0.2) is 0 Å². The topological polar surface area (TPSA) is 43.1 Å². The zero-order chi connectivity index (χ0) is 15.2. The summed E-state index contributed by atoms with van der Waals surface area (Å²) >= 11 is 0. The van der Waals surface area contributed by atoms with Crippen molar-refractivity contribution in [2.45, 2.75) is 104 Å². The number of Topliss-reactive ketones (excluding diaryl/α,β-unsaturated/α-hetero) is 1. The summed E-state index contributed by atoms with van der Waals surface area (Å²) in [5.41, 5.74) is 5.89. The number of nitrogens with two attached hydrogens (primary N) is 1. The minimum atomic E-state index is -0.228. The van der Waals surface area contributed by atoms with Crippen LogP contribution in [0.25, 0.3) is 0 Å². The van der Waals surface area contributed by atoms with E-state index in [2.05, 4.69) is 20.8 Å². The molecule has 2 nitrogen and oxygen atoms in total. The first-order valence-electron chi connectivity index (χ1n) is 8.86. The SMILES string of the molecule is CCCCCCCCCCCCC(=O)C(N)CC(C)C. The first-order chi connectivity index (χ1) is 9.57. The molecule has 0 aliphatic heterocycles. The van der Waals surface area contributed by atoms with Gasteiger partial charge in [0.2, 0.25) is 0 Å². The standard InChI is InChI=1S/C18H37NO/c1-4-5-6-7-8-9-10-11-12-13-14-18(20)17(19)15-16(2)3/h16-17H,4-15,19H2,1-3H3. The minimum absolute atomic E-state index is 0.228. The van der Waals surface area contributed by atoms with Crippen LogP contribution < -0.4 is 5.73 Å². The molecule has 0 aromatic heterocycles. The second kappa shape index (κ2) is 13.6. The van der Waals surface area contributed by atoms with Crippen molar-refractivity contribution < 1.29 is 4.79 Å². The molecule has 0 amide bonds. The van der Waals surface area contributed by atoms with Crippen LogP contribution >= 0.6 is 0 Å². The third-order valence-electron chi connectivity index (χ3n) is 3.92.